The highest BCUT2D eigenvalue weighted by atomic mass is 32.3. The molecule has 14 heavy (non-hydrogen) atoms. The Morgan fingerprint density at radius 3 is 1.79 bits per heavy atom. The smallest absolute Gasteiger partial charge is 0.205 e. The lowest BCUT2D eigenvalue weighted by atomic mass is 10.3. The largest absolute Gasteiger partial charge is 0.428 e. The molecule has 0 aromatic heterocycles. The van der Waals surface area contributed by atoms with E-state index in [1.165, 1.54) is 0 Å². The quantitative estimate of drug-likeness (QED) is 0.529. The van der Waals surface area contributed by atoms with Crippen LogP contribution in [0.25, 0.3) is 0 Å². The molecule has 0 saturated carbocycles. The molecule has 1 N–H and O–H groups in total. The summed E-state index contributed by atoms with van der Waals surface area (Å²) >= 11 is -1.26. The fraction of sp³-hybridized carbons (Fsp3) is 1.00. The van der Waals surface area contributed by atoms with Crippen molar-refractivity contribution in [1.82, 2.24) is 4.13 Å². The summed E-state index contributed by atoms with van der Waals surface area (Å²) in [6.07, 6.45) is 0. The highest BCUT2D eigenvalue weighted by Crippen LogP contribution is 2.55. The lowest BCUT2D eigenvalue weighted by Crippen LogP contribution is -2.63. The molecule has 1 aliphatic rings. The van der Waals surface area contributed by atoms with Crippen molar-refractivity contribution in [3.63, 3.8) is 0 Å². The van der Waals surface area contributed by atoms with Crippen LogP contribution in [0.2, 0.25) is 0 Å². The Morgan fingerprint density at radius 1 is 1.00 bits per heavy atom. The van der Waals surface area contributed by atoms with Crippen molar-refractivity contribution < 1.29 is 34.8 Å². The Morgan fingerprint density at radius 2 is 1.43 bits per heavy atom. The molecule has 0 amide bonds. The molecule has 0 bridgehead atoms. The van der Waals surface area contributed by atoms with E-state index in [0.717, 1.165) is 0 Å². The molecule has 0 unspecified atom stereocenters. The number of halogens is 6. The first kappa shape index (κ1) is 11.9. The normalized spacial score (nSPS) is 32.4. The summed E-state index contributed by atoms with van der Waals surface area (Å²) in [5.74, 6) is -5.95. The molecule has 11 heteroatoms. The molecule has 0 atom stereocenters. The second-order valence-corrected chi connectivity index (χ2v) is 5.20. The van der Waals surface area contributed by atoms with Gasteiger partial charge in [-0.1, -0.05) is 0 Å². The molecular weight excluding hydrogens is 260 g/mol. The number of hydrogen-bond donors (Lipinski definition) is 1. The van der Waals surface area contributed by atoms with Gasteiger partial charge in [0.15, 0.2) is 0 Å². The summed E-state index contributed by atoms with van der Waals surface area (Å²) in [6.45, 7) is 0. The topological polar surface area (TPSA) is 46.2 Å². The molecule has 0 aliphatic carbocycles. The Hall–Kier alpha value is -0.160. The first-order valence-electron chi connectivity index (χ1n) is 2.78. The van der Waals surface area contributed by atoms with Crippen LogP contribution in [0, 0.1) is 0 Å². The minimum absolute atomic E-state index is 0.603. The number of nitrogens with one attached hydrogen (secondary N) is 1. The van der Waals surface area contributed by atoms with E-state index in [9.17, 15) is 34.8 Å². The van der Waals surface area contributed by atoms with E-state index in [1.807, 2.05) is 0 Å². The molecule has 0 aromatic carbocycles. The van der Waals surface area contributed by atoms with Crippen LogP contribution in [0.5, 0.6) is 0 Å². The third-order valence-corrected chi connectivity index (χ3v) is 4.00. The molecule has 0 radical (unpaired) electrons. The Kier molecular flexibility index (Phi) is 2.29. The van der Waals surface area contributed by atoms with Gasteiger partial charge in [-0.15, -0.1) is 4.13 Å². The third kappa shape index (κ3) is 1.21. The number of hydrogen-bond acceptors (Lipinski definition) is 3. The van der Waals surface area contributed by atoms with Crippen LogP contribution in [0.3, 0.4) is 0 Å². The van der Waals surface area contributed by atoms with Crippen molar-refractivity contribution in [2.24, 2.45) is 0 Å². The molecule has 1 aliphatic heterocycles. The van der Waals surface area contributed by atoms with Gasteiger partial charge in [0.05, 0.1) is 0 Å². The molecule has 0 spiro atoms. The van der Waals surface area contributed by atoms with Crippen molar-refractivity contribution in [3.8, 4) is 0 Å². The van der Waals surface area contributed by atoms with Crippen LogP contribution in [0.1, 0.15) is 0 Å². The summed E-state index contributed by atoms with van der Waals surface area (Å²) in [5, 5.41) is -11.0. The molecule has 84 valence electrons. The second kappa shape index (κ2) is 2.70. The van der Waals surface area contributed by atoms with Gasteiger partial charge >= 0.3 is 16.4 Å². The van der Waals surface area contributed by atoms with Gasteiger partial charge in [-0.05, 0) is 0 Å². The lowest BCUT2D eigenvalue weighted by Gasteiger charge is -2.35. The van der Waals surface area contributed by atoms with Crippen LogP contribution in [-0.2, 0) is 10.0 Å². The summed E-state index contributed by atoms with van der Waals surface area (Å²) in [5.41, 5.74) is 0. The zero-order valence-corrected chi connectivity index (χ0v) is 7.53. The standard InChI is InChI=1S/C3HF6NO2S2/c4-1(5)2(6,7)13-10-14(11,12)3(1,8)9/h10H. The van der Waals surface area contributed by atoms with E-state index >= 15 is 0 Å². The molecule has 0 aromatic rings. The van der Waals surface area contributed by atoms with Gasteiger partial charge in [-0.2, -0.15) is 26.3 Å². The molecule has 3 nitrogen and oxygen atoms in total. The van der Waals surface area contributed by atoms with Gasteiger partial charge in [0.1, 0.15) is 0 Å². The monoisotopic (exact) mass is 261 g/mol. The number of alkyl halides is 6. The van der Waals surface area contributed by atoms with Gasteiger partial charge < -0.3 is 0 Å². The Labute approximate surface area is 78.0 Å². The molecule has 1 fully saturated rings. The van der Waals surface area contributed by atoms with Crippen molar-refractivity contribution >= 4 is 22.0 Å². The van der Waals surface area contributed by atoms with Crippen LogP contribution < -0.4 is 4.13 Å². The lowest BCUT2D eigenvalue weighted by molar-refractivity contribution is -0.243. The highest BCUT2D eigenvalue weighted by molar-refractivity contribution is 8.10. The average Bonchev–Trinajstić information content (AvgIpc) is 1.98. The fourth-order valence-corrected chi connectivity index (χ4v) is 2.62. The Bertz CT molecular complexity index is 350. The van der Waals surface area contributed by atoms with Crippen LogP contribution in [0.4, 0.5) is 26.3 Å². The van der Waals surface area contributed by atoms with Crippen LogP contribution in [-0.4, -0.2) is 24.8 Å². The summed E-state index contributed by atoms with van der Waals surface area (Å²) in [4.78, 5) is 0. The average molecular weight is 261 g/mol. The van der Waals surface area contributed by atoms with Gasteiger partial charge in [0.25, 0.3) is 10.0 Å². The van der Waals surface area contributed by atoms with Crippen LogP contribution in [0.15, 0.2) is 0 Å². The zero-order valence-electron chi connectivity index (χ0n) is 5.90. The first-order valence-corrected chi connectivity index (χ1v) is 5.08. The summed E-state index contributed by atoms with van der Waals surface area (Å²) < 4.78 is 95.0. The van der Waals surface area contributed by atoms with Gasteiger partial charge in [0.2, 0.25) is 0 Å². The number of rotatable bonds is 0. The van der Waals surface area contributed by atoms with Crippen molar-refractivity contribution in [2.75, 3.05) is 0 Å². The summed E-state index contributed by atoms with van der Waals surface area (Å²) in [6, 6.07) is 0. The van der Waals surface area contributed by atoms with Crippen molar-refractivity contribution in [1.29, 1.82) is 0 Å². The van der Waals surface area contributed by atoms with E-state index < -0.39 is 38.4 Å². The minimum Gasteiger partial charge on any atom is -0.205 e. The predicted octanol–water partition coefficient (Wildman–Crippen LogP) is 1.39. The van der Waals surface area contributed by atoms with Gasteiger partial charge in [-0.3, -0.25) is 0 Å². The van der Waals surface area contributed by atoms with Crippen molar-refractivity contribution in [2.45, 2.75) is 16.4 Å². The van der Waals surface area contributed by atoms with E-state index in [-0.39, 0.29) is 0 Å². The maximum Gasteiger partial charge on any atom is 0.428 e. The molecule has 1 saturated heterocycles. The fourth-order valence-electron chi connectivity index (χ4n) is 0.562. The zero-order chi connectivity index (χ0) is 11.4. The molecular formula is C3HF6NO2S2. The first-order chi connectivity index (χ1) is 5.96. The maximum atomic E-state index is 12.4. The van der Waals surface area contributed by atoms with Gasteiger partial charge in [-0.25, -0.2) is 8.42 Å². The number of sulfonamides is 1. The second-order valence-electron chi connectivity index (χ2n) is 2.30. The molecule has 1 rings (SSSR count). The van der Waals surface area contributed by atoms with E-state index in [4.69, 9.17) is 0 Å². The minimum atomic E-state index is -5.95. The summed E-state index contributed by atoms with van der Waals surface area (Å²) in [7, 11) is -5.79. The van der Waals surface area contributed by atoms with E-state index in [1.54, 1.807) is 0 Å². The third-order valence-electron chi connectivity index (χ3n) is 1.35. The SMILES string of the molecule is O=S1(=O)NSC(F)(F)C(F)(F)C1(F)F. The van der Waals surface area contributed by atoms with Crippen LogP contribution >= 0.6 is 11.9 Å². The molecule has 1 heterocycles. The van der Waals surface area contributed by atoms with Gasteiger partial charge in [0, 0.05) is 11.9 Å². The highest BCUT2D eigenvalue weighted by Gasteiger charge is 2.81. The Balaban J connectivity index is 3.34. The van der Waals surface area contributed by atoms with E-state index in [2.05, 4.69) is 0 Å². The van der Waals surface area contributed by atoms with Crippen molar-refractivity contribution in [3.05, 3.63) is 0 Å². The van der Waals surface area contributed by atoms with E-state index in [0.29, 0.717) is 4.13 Å². The predicted molar refractivity (Wildman–Crippen MR) is 34.5 cm³/mol. The maximum absolute atomic E-state index is 12.4.